The highest BCUT2D eigenvalue weighted by atomic mass is 16.5. The summed E-state index contributed by atoms with van der Waals surface area (Å²) in [6.45, 7) is 1.92. The van der Waals surface area contributed by atoms with Crippen molar-refractivity contribution in [3.8, 4) is 12.3 Å². The fraction of sp³-hybridized carbons (Fsp3) is 0.364. The van der Waals surface area contributed by atoms with Gasteiger partial charge in [-0.2, -0.15) is 0 Å². The molecule has 5 heteroatoms. The molecule has 1 N–H and O–H groups in total. The predicted octanol–water partition coefficient (Wildman–Crippen LogP) is 1.09. The van der Waals surface area contributed by atoms with Gasteiger partial charge in [0.15, 0.2) is 5.69 Å². The van der Waals surface area contributed by atoms with Gasteiger partial charge in [0.1, 0.15) is 5.82 Å². The molecule has 0 saturated heterocycles. The average molecular weight is 219 g/mol. The van der Waals surface area contributed by atoms with Crippen molar-refractivity contribution in [2.24, 2.45) is 0 Å². The van der Waals surface area contributed by atoms with Crippen molar-refractivity contribution in [2.45, 2.75) is 19.4 Å². The van der Waals surface area contributed by atoms with Crippen molar-refractivity contribution in [1.82, 2.24) is 9.97 Å². The lowest BCUT2D eigenvalue weighted by molar-refractivity contribution is 0.0593. The van der Waals surface area contributed by atoms with Gasteiger partial charge in [-0.25, -0.2) is 9.78 Å². The van der Waals surface area contributed by atoms with E-state index in [-0.39, 0.29) is 11.7 Å². The zero-order valence-electron chi connectivity index (χ0n) is 9.23. The van der Waals surface area contributed by atoms with E-state index in [1.807, 2.05) is 6.92 Å². The molecule has 1 heterocycles. The van der Waals surface area contributed by atoms with Crippen LogP contribution in [0.4, 0.5) is 5.82 Å². The molecule has 0 spiro atoms. The van der Waals surface area contributed by atoms with Gasteiger partial charge in [0.05, 0.1) is 19.5 Å². The lowest BCUT2D eigenvalue weighted by atomic mass is 10.2. The molecular weight excluding hydrogens is 206 g/mol. The first kappa shape index (κ1) is 12.0. The van der Waals surface area contributed by atoms with E-state index in [0.717, 1.165) is 0 Å². The van der Waals surface area contributed by atoms with Gasteiger partial charge in [0.2, 0.25) is 0 Å². The minimum atomic E-state index is -0.513. The average Bonchev–Trinajstić information content (AvgIpc) is 2.28. The van der Waals surface area contributed by atoms with E-state index in [0.29, 0.717) is 12.2 Å². The van der Waals surface area contributed by atoms with Crippen LogP contribution in [0.3, 0.4) is 0 Å². The number of ether oxygens (including phenoxy) is 1. The van der Waals surface area contributed by atoms with Gasteiger partial charge in [-0.1, -0.05) is 0 Å². The summed E-state index contributed by atoms with van der Waals surface area (Å²) in [7, 11) is 1.30. The molecule has 0 amide bonds. The molecule has 1 aromatic heterocycles. The monoisotopic (exact) mass is 219 g/mol. The number of hydrogen-bond acceptors (Lipinski definition) is 5. The molecule has 0 aliphatic carbocycles. The summed E-state index contributed by atoms with van der Waals surface area (Å²) in [5.41, 5.74) is 0.167. The van der Waals surface area contributed by atoms with Crippen LogP contribution in [-0.2, 0) is 4.74 Å². The summed E-state index contributed by atoms with van der Waals surface area (Å²) in [5, 5.41) is 3.04. The summed E-state index contributed by atoms with van der Waals surface area (Å²) < 4.78 is 4.54. The molecule has 0 fully saturated rings. The molecule has 1 unspecified atom stereocenters. The number of hydrogen-bond donors (Lipinski definition) is 1. The second-order valence-electron chi connectivity index (χ2n) is 3.23. The number of anilines is 1. The van der Waals surface area contributed by atoms with Crippen molar-refractivity contribution < 1.29 is 9.53 Å². The molecule has 1 aromatic rings. The number of nitrogens with zero attached hydrogens (tertiary/aromatic N) is 2. The fourth-order valence-electron chi connectivity index (χ4n) is 1.12. The summed E-state index contributed by atoms with van der Waals surface area (Å²) in [6, 6.07) is 0.0761. The van der Waals surface area contributed by atoms with Crippen molar-refractivity contribution in [1.29, 1.82) is 0 Å². The van der Waals surface area contributed by atoms with Crippen molar-refractivity contribution in [2.75, 3.05) is 12.4 Å². The molecule has 84 valence electrons. The van der Waals surface area contributed by atoms with Crippen molar-refractivity contribution >= 4 is 11.8 Å². The highest BCUT2D eigenvalue weighted by Crippen LogP contribution is 2.06. The van der Waals surface area contributed by atoms with E-state index in [4.69, 9.17) is 6.42 Å². The first-order valence-electron chi connectivity index (χ1n) is 4.77. The highest BCUT2D eigenvalue weighted by Gasteiger charge is 2.09. The Balaban J connectivity index is 2.75. The van der Waals surface area contributed by atoms with Crippen LogP contribution in [0.2, 0.25) is 0 Å². The Labute approximate surface area is 94.2 Å². The number of nitrogens with one attached hydrogen (secondary N) is 1. The number of rotatable bonds is 4. The number of terminal acetylenes is 1. The SMILES string of the molecule is C#CCC(C)Nc1cncc(C(=O)OC)n1. The number of methoxy groups -OCH3 is 1. The van der Waals surface area contributed by atoms with Gasteiger partial charge < -0.3 is 10.1 Å². The van der Waals surface area contributed by atoms with Gasteiger partial charge in [-0.3, -0.25) is 4.98 Å². The van der Waals surface area contributed by atoms with Crippen LogP contribution in [-0.4, -0.2) is 29.1 Å². The number of carbonyl (C=O) groups excluding carboxylic acids is 1. The summed E-state index contributed by atoms with van der Waals surface area (Å²) in [5.74, 6) is 2.53. The molecule has 1 rings (SSSR count). The predicted molar refractivity (Wildman–Crippen MR) is 59.9 cm³/mol. The van der Waals surface area contributed by atoms with E-state index >= 15 is 0 Å². The topological polar surface area (TPSA) is 64.1 Å². The van der Waals surface area contributed by atoms with E-state index in [2.05, 4.69) is 25.9 Å². The van der Waals surface area contributed by atoms with Gasteiger partial charge in [0, 0.05) is 12.5 Å². The molecule has 0 aliphatic heterocycles. The van der Waals surface area contributed by atoms with Crippen molar-refractivity contribution in [3.05, 3.63) is 18.1 Å². The maximum Gasteiger partial charge on any atom is 0.358 e. The van der Waals surface area contributed by atoms with Crippen molar-refractivity contribution in [3.63, 3.8) is 0 Å². The van der Waals surface area contributed by atoms with Crippen LogP contribution < -0.4 is 5.32 Å². The maximum absolute atomic E-state index is 11.2. The van der Waals surface area contributed by atoms with E-state index in [1.54, 1.807) is 0 Å². The summed E-state index contributed by atoms with van der Waals surface area (Å²) in [4.78, 5) is 19.1. The molecule has 0 aromatic carbocycles. The van der Waals surface area contributed by atoms with Crippen LogP contribution in [0, 0.1) is 12.3 Å². The van der Waals surface area contributed by atoms with Crippen LogP contribution in [0.5, 0.6) is 0 Å². The normalized spacial score (nSPS) is 11.3. The second kappa shape index (κ2) is 5.71. The second-order valence-corrected chi connectivity index (χ2v) is 3.23. The minimum Gasteiger partial charge on any atom is -0.464 e. The standard InChI is InChI=1S/C11H13N3O2/c1-4-5-8(2)13-10-7-12-6-9(14-10)11(15)16-3/h1,6-8H,5H2,2-3H3,(H,13,14). The summed E-state index contributed by atoms with van der Waals surface area (Å²) in [6.07, 6.45) is 8.63. The van der Waals surface area contributed by atoms with E-state index in [1.165, 1.54) is 19.5 Å². The molecule has 0 radical (unpaired) electrons. The lowest BCUT2D eigenvalue weighted by Gasteiger charge is -2.11. The van der Waals surface area contributed by atoms with Gasteiger partial charge >= 0.3 is 5.97 Å². The smallest absolute Gasteiger partial charge is 0.358 e. The zero-order valence-corrected chi connectivity index (χ0v) is 9.23. The third-order valence-electron chi connectivity index (χ3n) is 1.85. The third kappa shape index (κ3) is 3.24. The van der Waals surface area contributed by atoms with Gasteiger partial charge in [-0.05, 0) is 6.92 Å². The fourth-order valence-corrected chi connectivity index (χ4v) is 1.12. The first-order valence-corrected chi connectivity index (χ1v) is 4.77. The molecule has 0 bridgehead atoms. The van der Waals surface area contributed by atoms with Crippen LogP contribution >= 0.6 is 0 Å². The molecule has 0 saturated carbocycles. The largest absolute Gasteiger partial charge is 0.464 e. The third-order valence-corrected chi connectivity index (χ3v) is 1.85. The number of aromatic nitrogens is 2. The zero-order chi connectivity index (χ0) is 12.0. The highest BCUT2D eigenvalue weighted by molar-refractivity contribution is 5.87. The molecule has 5 nitrogen and oxygen atoms in total. The van der Waals surface area contributed by atoms with Gasteiger partial charge in [0.25, 0.3) is 0 Å². The quantitative estimate of drug-likeness (QED) is 0.606. The Kier molecular flexibility index (Phi) is 4.28. The number of esters is 1. The van der Waals surface area contributed by atoms with Crippen LogP contribution in [0.25, 0.3) is 0 Å². The minimum absolute atomic E-state index is 0.0761. The summed E-state index contributed by atoms with van der Waals surface area (Å²) >= 11 is 0. The Bertz CT molecular complexity index is 412. The molecular formula is C11H13N3O2. The first-order chi connectivity index (χ1) is 7.67. The molecule has 1 atom stereocenters. The Morgan fingerprint density at radius 2 is 2.44 bits per heavy atom. The molecule has 16 heavy (non-hydrogen) atoms. The number of carbonyl (C=O) groups is 1. The lowest BCUT2D eigenvalue weighted by Crippen LogP contribution is -2.16. The van der Waals surface area contributed by atoms with Gasteiger partial charge in [-0.15, -0.1) is 12.3 Å². The molecule has 0 aliphatic rings. The van der Waals surface area contributed by atoms with Crippen LogP contribution in [0.15, 0.2) is 12.4 Å². The maximum atomic E-state index is 11.2. The van der Waals surface area contributed by atoms with E-state index < -0.39 is 5.97 Å². The Morgan fingerprint density at radius 1 is 1.69 bits per heavy atom. The Morgan fingerprint density at radius 3 is 3.06 bits per heavy atom. The van der Waals surface area contributed by atoms with E-state index in [9.17, 15) is 4.79 Å². The van der Waals surface area contributed by atoms with Crippen LogP contribution in [0.1, 0.15) is 23.8 Å². The Hall–Kier alpha value is -2.09.